The Morgan fingerprint density at radius 1 is 1.00 bits per heavy atom. The van der Waals surface area contributed by atoms with Crippen LogP contribution in [0.2, 0.25) is 10.0 Å². The Balaban J connectivity index is 1.88. The van der Waals surface area contributed by atoms with E-state index in [1.165, 1.54) is 11.1 Å². The van der Waals surface area contributed by atoms with Crippen LogP contribution in [0.1, 0.15) is 17.2 Å². The van der Waals surface area contributed by atoms with E-state index in [9.17, 15) is 0 Å². The Labute approximate surface area is 163 Å². The third kappa shape index (κ3) is 3.20. The fourth-order valence-electron chi connectivity index (χ4n) is 3.48. The maximum absolute atomic E-state index is 6.52. The molecule has 0 saturated heterocycles. The van der Waals surface area contributed by atoms with Crippen LogP contribution in [-0.4, -0.2) is 16.1 Å². The Morgan fingerprint density at radius 2 is 1.81 bits per heavy atom. The van der Waals surface area contributed by atoms with Crippen molar-refractivity contribution in [2.45, 2.75) is 6.04 Å². The van der Waals surface area contributed by atoms with Gasteiger partial charge in [0.1, 0.15) is 0 Å². The van der Waals surface area contributed by atoms with Crippen LogP contribution in [0.5, 0.6) is 0 Å². The number of halogens is 2. The monoisotopic (exact) mass is 383 g/mol. The molecule has 1 aromatic heterocycles. The highest BCUT2D eigenvalue weighted by Crippen LogP contribution is 2.40. The van der Waals surface area contributed by atoms with Crippen LogP contribution in [0.4, 0.5) is 0 Å². The largest absolute Gasteiger partial charge is 0.373 e. The van der Waals surface area contributed by atoms with E-state index in [4.69, 9.17) is 23.2 Å². The average Bonchev–Trinajstić information content (AvgIpc) is 3.27. The zero-order chi connectivity index (χ0) is 18.1. The number of nitrogens with zero attached hydrogens (tertiary/aromatic N) is 2. The highest BCUT2D eigenvalue weighted by Gasteiger charge is 2.26. The molecule has 0 fully saturated rings. The van der Waals surface area contributed by atoms with Crippen molar-refractivity contribution in [2.75, 3.05) is 6.67 Å². The van der Waals surface area contributed by atoms with Crippen molar-refractivity contribution >= 4 is 23.2 Å². The summed E-state index contributed by atoms with van der Waals surface area (Å²) in [4.78, 5) is 2.29. The smallest absolute Gasteiger partial charge is 0.0876 e. The normalized spacial score (nSPS) is 14.5. The van der Waals surface area contributed by atoms with Crippen LogP contribution >= 0.6 is 23.2 Å². The van der Waals surface area contributed by atoms with Gasteiger partial charge in [-0.1, -0.05) is 59.6 Å². The van der Waals surface area contributed by atoms with Crippen LogP contribution in [0.25, 0.3) is 11.1 Å². The molecule has 0 spiro atoms. The summed E-state index contributed by atoms with van der Waals surface area (Å²) in [6, 6.07) is 16.3. The Bertz CT molecular complexity index is 947. The van der Waals surface area contributed by atoms with Gasteiger partial charge in [0.15, 0.2) is 0 Å². The van der Waals surface area contributed by atoms with Crippen LogP contribution in [0.15, 0.2) is 73.3 Å². The summed E-state index contributed by atoms with van der Waals surface area (Å²) in [6.45, 7) is 0.766. The minimum atomic E-state index is 0.0883. The number of nitrogens with one attached hydrogen (secondary N) is 1. The molecule has 1 aliphatic heterocycles. The molecule has 2 aromatic carbocycles. The quantitative estimate of drug-likeness (QED) is 0.648. The van der Waals surface area contributed by atoms with Crippen molar-refractivity contribution in [2.24, 2.45) is 7.05 Å². The van der Waals surface area contributed by atoms with E-state index in [2.05, 4.69) is 57.6 Å². The van der Waals surface area contributed by atoms with E-state index in [0.29, 0.717) is 10.0 Å². The van der Waals surface area contributed by atoms with Gasteiger partial charge in [-0.05, 0) is 17.7 Å². The fraction of sp³-hybridized carbons (Fsp3) is 0.143. The van der Waals surface area contributed by atoms with Crippen LogP contribution in [0.3, 0.4) is 0 Å². The molecule has 4 rings (SSSR count). The second-order valence-electron chi connectivity index (χ2n) is 6.42. The molecule has 0 saturated carbocycles. The highest BCUT2D eigenvalue weighted by molar-refractivity contribution is 6.36. The molecule has 5 heteroatoms. The fourth-order valence-corrected chi connectivity index (χ4v) is 3.99. The predicted octanol–water partition coefficient (Wildman–Crippen LogP) is 5.42. The SMILES string of the molecule is Cn1cc(-c2ccc(Cl)cc2Cl)c(C(c2ccccc2)N2C=CNC2)c1. The second kappa shape index (κ2) is 7.10. The molecular weight excluding hydrogens is 365 g/mol. The van der Waals surface area contributed by atoms with Crippen LogP contribution in [0, 0.1) is 0 Å². The summed E-state index contributed by atoms with van der Waals surface area (Å²) in [5.74, 6) is 0. The first kappa shape index (κ1) is 17.1. The average molecular weight is 384 g/mol. The van der Waals surface area contributed by atoms with Gasteiger partial charge in [0.2, 0.25) is 0 Å². The molecule has 1 unspecified atom stereocenters. The number of hydrogen-bond donors (Lipinski definition) is 1. The van der Waals surface area contributed by atoms with E-state index in [0.717, 1.165) is 17.8 Å². The minimum Gasteiger partial charge on any atom is -0.373 e. The molecule has 132 valence electrons. The summed E-state index contributed by atoms with van der Waals surface area (Å²) in [5.41, 5.74) is 4.54. The summed E-state index contributed by atoms with van der Waals surface area (Å²) in [6.07, 6.45) is 8.36. The number of hydrogen-bond acceptors (Lipinski definition) is 2. The van der Waals surface area contributed by atoms with Gasteiger partial charge in [-0.15, -0.1) is 0 Å². The van der Waals surface area contributed by atoms with Gasteiger partial charge in [-0.2, -0.15) is 0 Å². The zero-order valence-electron chi connectivity index (χ0n) is 14.4. The topological polar surface area (TPSA) is 20.2 Å². The molecular formula is C21H19Cl2N3. The molecule has 1 atom stereocenters. The molecule has 0 radical (unpaired) electrons. The molecule has 0 bridgehead atoms. The summed E-state index contributed by atoms with van der Waals surface area (Å²) >= 11 is 12.6. The minimum absolute atomic E-state index is 0.0883. The molecule has 0 aliphatic carbocycles. The van der Waals surface area contributed by atoms with Crippen LogP contribution < -0.4 is 5.32 Å². The number of benzene rings is 2. The van der Waals surface area contributed by atoms with Crippen molar-refractivity contribution in [1.82, 2.24) is 14.8 Å². The molecule has 3 aromatic rings. The maximum Gasteiger partial charge on any atom is 0.0876 e. The van der Waals surface area contributed by atoms with E-state index < -0.39 is 0 Å². The number of aromatic nitrogens is 1. The summed E-state index contributed by atoms with van der Waals surface area (Å²) in [5, 5.41) is 4.57. The molecule has 1 aliphatic rings. The summed E-state index contributed by atoms with van der Waals surface area (Å²) in [7, 11) is 2.04. The lowest BCUT2D eigenvalue weighted by molar-refractivity contribution is 0.331. The standard InChI is InChI=1S/C21H19Cl2N3/c1-25-12-18(17-8-7-16(22)11-20(17)23)19(13-25)21(26-10-9-24-14-26)15-5-3-2-4-6-15/h2-13,21,24H,14H2,1H3. The first-order chi connectivity index (χ1) is 12.6. The van der Waals surface area contributed by atoms with Gasteiger partial charge in [0, 0.05) is 58.6 Å². The van der Waals surface area contributed by atoms with E-state index in [-0.39, 0.29) is 6.04 Å². The van der Waals surface area contributed by atoms with Crippen molar-refractivity contribution in [3.8, 4) is 11.1 Å². The van der Waals surface area contributed by atoms with Gasteiger partial charge in [-0.25, -0.2) is 0 Å². The summed E-state index contributed by atoms with van der Waals surface area (Å²) < 4.78 is 2.08. The van der Waals surface area contributed by atoms with Gasteiger partial charge in [0.05, 0.1) is 12.7 Å². The first-order valence-electron chi connectivity index (χ1n) is 8.45. The van der Waals surface area contributed by atoms with Gasteiger partial charge >= 0.3 is 0 Å². The van der Waals surface area contributed by atoms with E-state index in [1.807, 2.05) is 31.4 Å². The molecule has 3 nitrogen and oxygen atoms in total. The van der Waals surface area contributed by atoms with Crippen LogP contribution in [-0.2, 0) is 7.05 Å². The second-order valence-corrected chi connectivity index (χ2v) is 7.27. The van der Waals surface area contributed by atoms with E-state index in [1.54, 1.807) is 6.07 Å². The lowest BCUT2D eigenvalue weighted by Crippen LogP contribution is -2.27. The van der Waals surface area contributed by atoms with Crippen molar-refractivity contribution in [3.63, 3.8) is 0 Å². The third-order valence-electron chi connectivity index (χ3n) is 4.61. The van der Waals surface area contributed by atoms with Gasteiger partial charge in [0.25, 0.3) is 0 Å². The Morgan fingerprint density at radius 3 is 2.50 bits per heavy atom. The predicted molar refractivity (Wildman–Crippen MR) is 108 cm³/mol. The number of aryl methyl sites for hydroxylation is 1. The molecule has 0 amide bonds. The lowest BCUT2D eigenvalue weighted by atomic mass is 9.93. The van der Waals surface area contributed by atoms with Crippen molar-refractivity contribution < 1.29 is 0 Å². The highest BCUT2D eigenvalue weighted by atomic mass is 35.5. The molecule has 1 N–H and O–H groups in total. The van der Waals surface area contributed by atoms with Gasteiger partial charge < -0.3 is 14.8 Å². The number of rotatable bonds is 4. The first-order valence-corrected chi connectivity index (χ1v) is 9.21. The van der Waals surface area contributed by atoms with Gasteiger partial charge in [-0.3, -0.25) is 0 Å². The third-order valence-corrected chi connectivity index (χ3v) is 5.15. The van der Waals surface area contributed by atoms with E-state index >= 15 is 0 Å². The maximum atomic E-state index is 6.52. The zero-order valence-corrected chi connectivity index (χ0v) is 15.9. The van der Waals surface area contributed by atoms with Crippen molar-refractivity contribution in [3.05, 3.63) is 94.5 Å². The van der Waals surface area contributed by atoms with Crippen molar-refractivity contribution in [1.29, 1.82) is 0 Å². The molecule has 26 heavy (non-hydrogen) atoms. The lowest BCUT2D eigenvalue weighted by Gasteiger charge is -2.28. The molecule has 2 heterocycles. The Kier molecular flexibility index (Phi) is 4.66. The Hall–Kier alpha value is -2.36.